The van der Waals surface area contributed by atoms with Gasteiger partial charge in [-0.25, -0.2) is 4.98 Å². The Morgan fingerprint density at radius 1 is 1.12 bits per heavy atom. The molecule has 8 heteroatoms. The Bertz CT molecular complexity index is 1290. The molecule has 1 aliphatic rings. The van der Waals surface area contributed by atoms with Crippen molar-refractivity contribution >= 4 is 17.0 Å². The van der Waals surface area contributed by atoms with Gasteiger partial charge in [0, 0.05) is 17.7 Å². The monoisotopic (exact) mass is 432 g/mol. The number of hydrogen-bond donors (Lipinski definition) is 2. The van der Waals surface area contributed by atoms with Crippen LogP contribution in [0.3, 0.4) is 0 Å². The van der Waals surface area contributed by atoms with E-state index in [2.05, 4.69) is 20.5 Å². The number of carbonyl (C=O) groups is 1. The van der Waals surface area contributed by atoms with Crippen molar-refractivity contribution in [3.63, 3.8) is 0 Å². The molecule has 2 aromatic heterocycles. The third kappa shape index (κ3) is 3.79. The normalized spacial score (nSPS) is 12.7. The third-order valence-corrected chi connectivity index (χ3v) is 5.81. The van der Waals surface area contributed by atoms with Crippen LogP contribution in [0.15, 0.2) is 40.8 Å². The standard InChI is InChI=1S/C24H24N4O4/c1-30-20-9-6-14(10-22(20)31-2)11-23-26-18-8-7-15(12-21(18)32-23)24(29)25-13-19-16-4-3-5-17(16)27-28-19/h6-10,12H,3-5,11,13H2,1-2H3,(H,25,29)(H,27,28). The summed E-state index contributed by atoms with van der Waals surface area (Å²) in [4.78, 5) is 17.2. The van der Waals surface area contributed by atoms with Gasteiger partial charge in [0.2, 0.25) is 0 Å². The van der Waals surface area contributed by atoms with E-state index in [4.69, 9.17) is 13.9 Å². The van der Waals surface area contributed by atoms with Crippen LogP contribution in [0.1, 0.15) is 45.2 Å². The number of rotatable bonds is 7. The van der Waals surface area contributed by atoms with Crippen LogP contribution in [0.4, 0.5) is 0 Å². The first-order valence-electron chi connectivity index (χ1n) is 10.6. The topological polar surface area (TPSA) is 102 Å². The molecule has 32 heavy (non-hydrogen) atoms. The van der Waals surface area contributed by atoms with E-state index in [9.17, 15) is 4.79 Å². The number of ether oxygens (including phenoxy) is 2. The Hall–Kier alpha value is -3.81. The lowest BCUT2D eigenvalue weighted by Gasteiger charge is -2.08. The second-order valence-corrected chi connectivity index (χ2v) is 7.82. The Kier molecular flexibility index (Phi) is 5.26. The Balaban J connectivity index is 1.29. The summed E-state index contributed by atoms with van der Waals surface area (Å²) in [6.45, 7) is 0.406. The minimum absolute atomic E-state index is 0.167. The average molecular weight is 432 g/mol. The highest BCUT2D eigenvalue weighted by Crippen LogP contribution is 2.29. The zero-order valence-corrected chi connectivity index (χ0v) is 18.0. The highest BCUT2D eigenvalue weighted by molar-refractivity contribution is 5.97. The SMILES string of the molecule is COc1ccc(Cc2nc3ccc(C(=O)NCc4n[nH]c5c4CCC5)cc3o2)cc1OC. The van der Waals surface area contributed by atoms with Gasteiger partial charge >= 0.3 is 0 Å². The van der Waals surface area contributed by atoms with Gasteiger partial charge in [0.05, 0.1) is 26.5 Å². The fourth-order valence-electron chi connectivity index (χ4n) is 4.15. The minimum atomic E-state index is -0.167. The number of carbonyl (C=O) groups excluding carboxylic acids is 1. The summed E-state index contributed by atoms with van der Waals surface area (Å²) in [7, 11) is 3.21. The molecule has 0 saturated carbocycles. The van der Waals surface area contributed by atoms with E-state index in [1.165, 1.54) is 11.3 Å². The van der Waals surface area contributed by atoms with E-state index in [-0.39, 0.29) is 5.91 Å². The lowest BCUT2D eigenvalue weighted by atomic mass is 10.1. The highest BCUT2D eigenvalue weighted by Gasteiger charge is 2.19. The summed E-state index contributed by atoms with van der Waals surface area (Å²) in [5.41, 5.74) is 6.16. The summed E-state index contributed by atoms with van der Waals surface area (Å²) in [6, 6.07) is 11.0. The maximum atomic E-state index is 12.7. The van der Waals surface area contributed by atoms with Crippen molar-refractivity contribution in [1.82, 2.24) is 20.5 Å². The van der Waals surface area contributed by atoms with Crippen LogP contribution in [-0.4, -0.2) is 35.3 Å². The predicted molar refractivity (Wildman–Crippen MR) is 118 cm³/mol. The molecular weight excluding hydrogens is 408 g/mol. The number of fused-ring (bicyclic) bond motifs is 2. The van der Waals surface area contributed by atoms with Crippen LogP contribution >= 0.6 is 0 Å². The van der Waals surface area contributed by atoms with Crippen LogP contribution in [-0.2, 0) is 25.8 Å². The Labute approximate surface area is 184 Å². The van der Waals surface area contributed by atoms with Gasteiger partial charge in [0.1, 0.15) is 5.52 Å². The largest absolute Gasteiger partial charge is 0.493 e. The van der Waals surface area contributed by atoms with E-state index >= 15 is 0 Å². The lowest BCUT2D eigenvalue weighted by molar-refractivity contribution is 0.0950. The first kappa shape index (κ1) is 20.1. The van der Waals surface area contributed by atoms with E-state index in [1.807, 2.05) is 18.2 Å². The molecule has 2 heterocycles. The van der Waals surface area contributed by atoms with Crippen LogP contribution in [0, 0.1) is 0 Å². The van der Waals surface area contributed by atoms with E-state index in [0.29, 0.717) is 47.0 Å². The van der Waals surface area contributed by atoms with Gasteiger partial charge in [-0.05, 0) is 60.7 Å². The molecule has 1 amide bonds. The van der Waals surface area contributed by atoms with Crippen molar-refractivity contribution in [3.05, 3.63) is 70.4 Å². The average Bonchev–Trinajstić information content (AvgIpc) is 3.52. The van der Waals surface area contributed by atoms with Gasteiger partial charge in [0.25, 0.3) is 5.91 Å². The molecule has 164 valence electrons. The first-order chi connectivity index (χ1) is 15.6. The molecule has 0 bridgehead atoms. The number of oxazole rings is 1. The summed E-state index contributed by atoms with van der Waals surface area (Å²) < 4.78 is 16.6. The molecule has 8 nitrogen and oxygen atoms in total. The number of amides is 1. The van der Waals surface area contributed by atoms with Gasteiger partial charge in [-0.1, -0.05) is 6.07 Å². The van der Waals surface area contributed by atoms with Crippen LogP contribution in [0.5, 0.6) is 11.5 Å². The molecule has 5 rings (SSSR count). The van der Waals surface area contributed by atoms with Gasteiger partial charge in [-0.2, -0.15) is 5.10 Å². The number of benzene rings is 2. The van der Waals surface area contributed by atoms with Crippen LogP contribution in [0.2, 0.25) is 0 Å². The zero-order chi connectivity index (χ0) is 22.1. The number of nitrogens with one attached hydrogen (secondary N) is 2. The fraction of sp³-hybridized carbons (Fsp3) is 0.292. The van der Waals surface area contributed by atoms with Gasteiger partial charge in [-0.3, -0.25) is 9.89 Å². The van der Waals surface area contributed by atoms with Crippen molar-refractivity contribution < 1.29 is 18.7 Å². The van der Waals surface area contributed by atoms with Crippen molar-refractivity contribution in [2.24, 2.45) is 0 Å². The number of nitrogens with zero attached hydrogens (tertiary/aromatic N) is 2. The summed E-state index contributed by atoms with van der Waals surface area (Å²) in [6.07, 6.45) is 3.69. The molecule has 0 saturated heterocycles. The Morgan fingerprint density at radius 2 is 2.00 bits per heavy atom. The van der Waals surface area contributed by atoms with Crippen molar-refractivity contribution in [2.45, 2.75) is 32.2 Å². The van der Waals surface area contributed by atoms with Gasteiger partial charge < -0.3 is 19.2 Å². The van der Waals surface area contributed by atoms with Crippen molar-refractivity contribution in [1.29, 1.82) is 0 Å². The number of aryl methyl sites for hydroxylation is 1. The quantitative estimate of drug-likeness (QED) is 0.463. The number of methoxy groups -OCH3 is 2. The third-order valence-electron chi connectivity index (χ3n) is 5.81. The second kappa shape index (κ2) is 8.37. The molecule has 0 fully saturated rings. The summed E-state index contributed by atoms with van der Waals surface area (Å²) >= 11 is 0. The molecule has 2 aromatic carbocycles. The van der Waals surface area contributed by atoms with E-state index < -0.39 is 0 Å². The minimum Gasteiger partial charge on any atom is -0.493 e. The smallest absolute Gasteiger partial charge is 0.251 e. The van der Waals surface area contributed by atoms with E-state index in [1.54, 1.807) is 32.4 Å². The summed E-state index contributed by atoms with van der Waals surface area (Å²) in [5, 5.41) is 10.4. The van der Waals surface area contributed by atoms with E-state index in [0.717, 1.165) is 30.5 Å². The van der Waals surface area contributed by atoms with Crippen LogP contribution < -0.4 is 14.8 Å². The number of H-pyrrole nitrogens is 1. The fourth-order valence-corrected chi connectivity index (χ4v) is 4.15. The molecule has 0 aliphatic heterocycles. The molecule has 4 aromatic rings. The number of aromatic nitrogens is 3. The highest BCUT2D eigenvalue weighted by atomic mass is 16.5. The zero-order valence-electron chi connectivity index (χ0n) is 18.0. The number of hydrogen-bond acceptors (Lipinski definition) is 6. The molecule has 0 spiro atoms. The molecule has 1 aliphatic carbocycles. The van der Waals surface area contributed by atoms with Gasteiger partial charge in [-0.15, -0.1) is 0 Å². The molecule has 0 atom stereocenters. The van der Waals surface area contributed by atoms with Crippen molar-refractivity contribution in [2.75, 3.05) is 14.2 Å². The number of aromatic amines is 1. The van der Waals surface area contributed by atoms with Crippen LogP contribution in [0.25, 0.3) is 11.1 Å². The Morgan fingerprint density at radius 3 is 2.84 bits per heavy atom. The first-order valence-corrected chi connectivity index (χ1v) is 10.6. The molecule has 2 N–H and O–H groups in total. The molecular formula is C24H24N4O4. The lowest BCUT2D eigenvalue weighted by Crippen LogP contribution is -2.23. The predicted octanol–water partition coefficient (Wildman–Crippen LogP) is 3.58. The maximum Gasteiger partial charge on any atom is 0.251 e. The van der Waals surface area contributed by atoms with Crippen molar-refractivity contribution in [3.8, 4) is 11.5 Å². The summed E-state index contributed by atoms with van der Waals surface area (Å²) in [5.74, 6) is 1.73. The molecule has 0 unspecified atom stereocenters. The maximum absolute atomic E-state index is 12.7. The second-order valence-electron chi connectivity index (χ2n) is 7.82. The molecule has 0 radical (unpaired) electrons. The van der Waals surface area contributed by atoms with Gasteiger partial charge in [0.15, 0.2) is 23.0 Å².